The predicted octanol–water partition coefficient (Wildman–Crippen LogP) is 3.06. The van der Waals surface area contributed by atoms with Crippen molar-refractivity contribution >= 4 is 27.6 Å². The Labute approximate surface area is 182 Å². The molecule has 30 heavy (non-hydrogen) atoms. The summed E-state index contributed by atoms with van der Waals surface area (Å²) in [6.07, 6.45) is 1.43. The molecule has 0 aliphatic carbocycles. The Kier molecular flexibility index (Phi) is 7.32. The fourth-order valence-electron chi connectivity index (χ4n) is 3.15. The third-order valence-electron chi connectivity index (χ3n) is 4.64. The Hall–Kier alpha value is -3.03. The molecule has 7 heteroatoms. The van der Waals surface area contributed by atoms with Gasteiger partial charge in [-0.15, -0.1) is 0 Å². The van der Waals surface area contributed by atoms with E-state index in [1.165, 1.54) is 17.2 Å². The van der Waals surface area contributed by atoms with Crippen LogP contribution in [-0.2, 0) is 11.3 Å². The third kappa shape index (κ3) is 5.11. The van der Waals surface area contributed by atoms with Crippen molar-refractivity contribution in [1.29, 1.82) is 0 Å². The number of ketones is 1. The van der Waals surface area contributed by atoms with E-state index in [4.69, 9.17) is 0 Å². The molecule has 6 nitrogen and oxygen atoms in total. The Morgan fingerprint density at radius 1 is 0.967 bits per heavy atom. The number of rotatable bonds is 8. The lowest BCUT2D eigenvalue weighted by molar-refractivity contribution is -0.134. The Morgan fingerprint density at radius 3 is 2.27 bits per heavy atom. The molecule has 0 fully saturated rings. The SMILES string of the molecule is O=C(c1ccc(Br)cc1)C(C(=O)N(CCO)Cc1ccccc1)n1ccccc1=O. The number of nitrogens with zero attached hydrogens (tertiary/aromatic N) is 2. The molecule has 0 aliphatic heterocycles. The average molecular weight is 469 g/mol. The van der Waals surface area contributed by atoms with Gasteiger partial charge < -0.3 is 10.0 Å². The van der Waals surface area contributed by atoms with Crippen molar-refractivity contribution in [1.82, 2.24) is 9.47 Å². The largest absolute Gasteiger partial charge is 0.395 e. The summed E-state index contributed by atoms with van der Waals surface area (Å²) < 4.78 is 1.94. The number of aliphatic hydroxyl groups is 1. The normalized spacial score (nSPS) is 11.7. The minimum absolute atomic E-state index is 0.0411. The monoisotopic (exact) mass is 468 g/mol. The molecular weight excluding hydrogens is 448 g/mol. The van der Waals surface area contributed by atoms with Gasteiger partial charge >= 0.3 is 0 Å². The van der Waals surface area contributed by atoms with Crippen molar-refractivity contribution in [3.8, 4) is 0 Å². The highest BCUT2D eigenvalue weighted by molar-refractivity contribution is 9.10. The molecule has 0 saturated heterocycles. The molecule has 1 aromatic heterocycles. The zero-order valence-corrected chi connectivity index (χ0v) is 17.7. The van der Waals surface area contributed by atoms with Gasteiger partial charge in [0.05, 0.1) is 6.61 Å². The van der Waals surface area contributed by atoms with Crippen molar-refractivity contribution in [2.75, 3.05) is 13.2 Å². The second-order valence-corrected chi connectivity index (χ2v) is 7.60. The van der Waals surface area contributed by atoms with Crippen LogP contribution in [0.4, 0.5) is 0 Å². The van der Waals surface area contributed by atoms with Crippen LogP contribution in [0.25, 0.3) is 0 Å². The summed E-state index contributed by atoms with van der Waals surface area (Å²) in [5.74, 6) is -1.04. The first-order valence-corrected chi connectivity index (χ1v) is 10.2. The quantitative estimate of drug-likeness (QED) is 0.406. The number of carbonyl (C=O) groups excluding carboxylic acids is 2. The molecule has 3 aromatic rings. The Balaban J connectivity index is 2.02. The van der Waals surface area contributed by atoms with Gasteiger partial charge in [-0.25, -0.2) is 0 Å². The molecule has 1 amide bonds. The minimum Gasteiger partial charge on any atom is -0.395 e. The Morgan fingerprint density at radius 2 is 1.63 bits per heavy atom. The van der Waals surface area contributed by atoms with Crippen LogP contribution in [0.1, 0.15) is 22.0 Å². The van der Waals surface area contributed by atoms with E-state index in [2.05, 4.69) is 15.9 Å². The molecule has 0 saturated carbocycles. The predicted molar refractivity (Wildman–Crippen MR) is 117 cm³/mol. The van der Waals surface area contributed by atoms with Gasteiger partial charge in [-0.05, 0) is 23.8 Å². The molecule has 0 aliphatic rings. The van der Waals surface area contributed by atoms with Crippen molar-refractivity contribution in [3.05, 3.63) is 105 Å². The van der Waals surface area contributed by atoms with Crippen LogP contribution in [0.15, 0.2) is 88.3 Å². The van der Waals surface area contributed by atoms with Gasteiger partial charge in [0.2, 0.25) is 0 Å². The number of benzene rings is 2. The smallest absolute Gasteiger partial charge is 0.254 e. The number of aromatic nitrogens is 1. The number of carbonyl (C=O) groups is 2. The van der Waals surface area contributed by atoms with Gasteiger partial charge in [0, 0.05) is 35.4 Å². The zero-order valence-electron chi connectivity index (χ0n) is 16.1. The molecule has 1 atom stereocenters. The van der Waals surface area contributed by atoms with Crippen molar-refractivity contribution in [3.63, 3.8) is 0 Å². The van der Waals surface area contributed by atoms with Crippen molar-refractivity contribution in [2.24, 2.45) is 0 Å². The number of hydrogen-bond acceptors (Lipinski definition) is 4. The third-order valence-corrected chi connectivity index (χ3v) is 5.17. The molecule has 0 radical (unpaired) electrons. The molecular formula is C23H21BrN2O4. The highest BCUT2D eigenvalue weighted by atomic mass is 79.9. The topological polar surface area (TPSA) is 79.6 Å². The second-order valence-electron chi connectivity index (χ2n) is 6.69. The van der Waals surface area contributed by atoms with Gasteiger partial charge in [-0.2, -0.15) is 0 Å². The molecule has 1 unspecified atom stereocenters. The number of aliphatic hydroxyl groups excluding tert-OH is 1. The number of pyridine rings is 1. The van der Waals surface area contributed by atoms with Crippen molar-refractivity contribution < 1.29 is 14.7 Å². The second kappa shape index (κ2) is 10.1. The van der Waals surface area contributed by atoms with E-state index < -0.39 is 23.3 Å². The lowest BCUT2D eigenvalue weighted by Crippen LogP contribution is -2.44. The fourth-order valence-corrected chi connectivity index (χ4v) is 3.41. The van der Waals surface area contributed by atoms with Crippen LogP contribution in [0.5, 0.6) is 0 Å². The van der Waals surface area contributed by atoms with Gasteiger partial charge in [0.25, 0.3) is 11.5 Å². The summed E-state index contributed by atoms with van der Waals surface area (Å²) in [4.78, 5) is 40.7. The fraction of sp³-hybridized carbons (Fsp3) is 0.174. The maximum Gasteiger partial charge on any atom is 0.254 e. The van der Waals surface area contributed by atoms with Gasteiger partial charge in [0.15, 0.2) is 11.8 Å². The van der Waals surface area contributed by atoms with Crippen LogP contribution in [0.2, 0.25) is 0 Å². The van der Waals surface area contributed by atoms with Crippen LogP contribution < -0.4 is 5.56 Å². The first kappa shape index (κ1) is 21.7. The molecule has 1 heterocycles. The maximum atomic E-state index is 13.5. The molecule has 154 valence electrons. The first-order chi connectivity index (χ1) is 14.5. The van der Waals surface area contributed by atoms with Crippen LogP contribution in [-0.4, -0.2) is 39.4 Å². The number of amides is 1. The average Bonchev–Trinajstić information content (AvgIpc) is 2.76. The van der Waals surface area contributed by atoms with Crippen LogP contribution in [0.3, 0.4) is 0 Å². The molecule has 3 rings (SSSR count). The van der Waals surface area contributed by atoms with Gasteiger partial charge in [-0.3, -0.25) is 19.0 Å². The first-order valence-electron chi connectivity index (χ1n) is 9.42. The highest BCUT2D eigenvalue weighted by Crippen LogP contribution is 2.20. The number of halogens is 1. The lowest BCUT2D eigenvalue weighted by atomic mass is 10.0. The highest BCUT2D eigenvalue weighted by Gasteiger charge is 2.33. The minimum atomic E-state index is -1.37. The molecule has 0 spiro atoms. The number of Topliss-reactive ketones (excluding diaryl/α,β-unsaturated/α-hetero) is 1. The van der Waals surface area contributed by atoms with E-state index in [-0.39, 0.29) is 19.7 Å². The van der Waals surface area contributed by atoms with Crippen molar-refractivity contribution in [2.45, 2.75) is 12.6 Å². The zero-order chi connectivity index (χ0) is 21.5. The molecule has 0 bridgehead atoms. The number of hydrogen-bond donors (Lipinski definition) is 1. The van der Waals surface area contributed by atoms with E-state index in [9.17, 15) is 19.5 Å². The summed E-state index contributed by atoms with van der Waals surface area (Å²) in [6.45, 7) is -0.00712. The molecule has 2 aromatic carbocycles. The lowest BCUT2D eigenvalue weighted by Gasteiger charge is -2.27. The summed E-state index contributed by atoms with van der Waals surface area (Å²) in [6, 6.07) is 19.0. The van der Waals surface area contributed by atoms with E-state index in [0.29, 0.717) is 5.56 Å². The standard InChI is InChI=1S/C23H21BrN2O4/c24-19-11-9-18(10-12-19)22(29)21(26-13-5-4-8-20(26)28)23(30)25(14-15-27)16-17-6-2-1-3-7-17/h1-13,21,27H,14-16H2. The van der Waals surface area contributed by atoms with Crippen LogP contribution >= 0.6 is 15.9 Å². The van der Waals surface area contributed by atoms with E-state index in [1.807, 2.05) is 30.3 Å². The summed E-state index contributed by atoms with van der Waals surface area (Å²) in [5, 5.41) is 9.50. The van der Waals surface area contributed by atoms with E-state index in [1.54, 1.807) is 36.4 Å². The van der Waals surface area contributed by atoms with Gasteiger partial charge in [-0.1, -0.05) is 64.5 Å². The van der Waals surface area contributed by atoms with Gasteiger partial charge in [0.1, 0.15) is 0 Å². The van der Waals surface area contributed by atoms with Crippen LogP contribution in [0, 0.1) is 0 Å². The van der Waals surface area contributed by atoms with E-state index in [0.717, 1.165) is 14.6 Å². The Bertz CT molecular complexity index is 1060. The summed E-state index contributed by atoms with van der Waals surface area (Å²) in [5.41, 5.74) is 0.718. The maximum absolute atomic E-state index is 13.5. The molecule has 1 N–H and O–H groups in total. The van der Waals surface area contributed by atoms with E-state index >= 15 is 0 Å². The summed E-state index contributed by atoms with van der Waals surface area (Å²) in [7, 11) is 0. The summed E-state index contributed by atoms with van der Waals surface area (Å²) >= 11 is 3.33.